The van der Waals surface area contributed by atoms with Crippen molar-refractivity contribution in [2.24, 2.45) is 0 Å². The van der Waals surface area contributed by atoms with Crippen LogP contribution in [0.15, 0.2) is 42.7 Å². The SMILES string of the molecule is CNC(=O)c1ccc(CNC(=O)C2(n3cccn3)CCNCC2)cc1. The quantitative estimate of drug-likeness (QED) is 0.745. The smallest absolute Gasteiger partial charge is 0.251 e. The molecule has 2 amide bonds. The number of nitrogens with one attached hydrogen (secondary N) is 3. The number of piperidine rings is 1. The molecule has 2 heterocycles. The molecule has 25 heavy (non-hydrogen) atoms. The minimum absolute atomic E-state index is 0.0203. The highest BCUT2D eigenvalue weighted by Gasteiger charge is 2.41. The van der Waals surface area contributed by atoms with Crippen molar-refractivity contribution in [2.45, 2.75) is 24.9 Å². The Bertz CT molecular complexity index is 718. The Morgan fingerprint density at radius 2 is 1.96 bits per heavy atom. The molecular weight excluding hydrogens is 318 g/mol. The minimum atomic E-state index is -0.642. The molecule has 1 aromatic heterocycles. The molecule has 0 spiro atoms. The Balaban J connectivity index is 1.69. The van der Waals surface area contributed by atoms with Gasteiger partial charge in [0.1, 0.15) is 5.54 Å². The second-order valence-electron chi connectivity index (χ2n) is 6.19. The standard InChI is InChI=1S/C18H23N5O2/c1-19-16(24)15-5-3-14(4-6-15)13-21-17(25)18(7-10-20-11-8-18)23-12-2-9-22-23/h2-6,9,12,20H,7-8,10-11,13H2,1H3,(H,19,24)(H,21,25). The third-order valence-corrected chi connectivity index (χ3v) is 4.69. The first-order valence-electron chi connectivity index (χ1n) is 8.46. The van der Waals surface area contributed by atoms with Gasteiger partial charge in [0, 0.05) is 31.5 Å². The topological polar surface area (TPSA) is 88.1 Å². The molecule has 0 bridgehead atoms. The van der Waals surface area contributed by atoms with E-state index in [9.17, 15) is 9.59 Å². The van der Waals surface area contributed by atoms with Gasteiger partial charge < -0.3 is 16.0 Å². The molecule has 1 saturated heterocycles. The maximum Gasteiger partial charge on any atom is 0.251 e. The number of rotatable bonds is 5. The van der Waals surface area contributed by atoms with E-state index in [1.165, 1.54) is 0 Å². The first-order chi connectivity index (χ1) is 12.2. The van der Waals surface area contributed by atoms with Crippen molar-refractivity contribution in [3.63, 3.8) is 0 Å². The molecule has 3 N–H and O–H groups in total. The first-order valence-corrected chi connectivity index (χ1v) is 8.46. The summed E-state index contributed by atoms with van der Waals surface area (Å²) in [6.45, 7) is 1.99. The average molecular weight is 341 g/mol. The summed E-state index contributed by atoms with van der Waals surface area (Å²) in [5.41, 5.74) is 0.908. The average Bonchev–Trinajstić information content (AvgIpc) is 3.21. The predicted molar refractivity (Wildman–Crippen MR) is 94.0 cm³/mol. The van der Waals surface area contributed by atoms with Crippen LogP contribution in [0.5, 0.6) is 0 Å². The molecule has 1 aliphatic rings. The van der Waals surface area contributed by atoms with Crippen LogP contribution in [0.1, 0.15) is 28.8 Å². The second-order valence-corrected chi connectivity index (χ2v) is 6.19. The van der Waals surface area contributed by atoms with E-state index in [1.807, 2.05) is 24.4 Å². The lowest BCUT2D eigenvalue weighted by molar-refractivity contribution is -0.132. The van der Waals surface area contributed by atoms with Crippen molar-refractivity contribution in [1.29, 1.82) is 0 Å². The molecule has 1 aliphatic heterocycles. The molecule has 0 unspecified atom stereocenters. The second kappa shape index (κ2) is 7.48. The van der Waals surface area contributed by atoms with E-state index in [-0.39, 0.29) is 11.8 Å². The van der Waals surface area contributed by atoms with Crippen molar-refractivity contribution in [2.75, 3.05) is 20.1 Å². The summed E-state index contributed by atoms with van der Waals surface area (Å²) in [7, 11) is 1.60. The Morgan fingerprint density at radius 3 is 2.56 bits per heavy atom. The lowest BCUT2D eigenvalue weighted by atomic mass is 9.87. The molecule has 7 heteroatoms. The van der Waals surface area contributed by atoms with E-state index in [4.69, 9.17) is 0 Å². The normalized spacial score (nSPS) is 16.2. The number of hydrogen-bond acceptors (Lipinski definition) is 4. The van der Waals surface area contributed by atoms with Crippen LogP contribution in [-0.4, -0.2) is 41.7 Å². The summed E-state index contributed by atoms with van der Waals surface area (Å²) in [6.07, 6.45) is 4.96. The van der Waals surface area contributed by atoms with Gasteiger partial charge in [-0.1, -0.05) is 12.1 Å². The highest BCUT2D eigenvalue weighted by atomic mass is 16.2. The summed E-state index contributed by atoms with van der Waals surface area (Å²) in [6, 6.07) is 9.07. The van der Waals surface area contributed by atoms with Crippen LogP contribution in [0.3, 0.4) is 0 Å². The summed E-state index contributed by atoms with van der Waals surface area (Å²) >= 11 is 0. The predicted octanol–water partition coefficient (Wildman–Crippen LogP) is 0.638. The fourth-order valence-electron chi connectivity index (χ4n) is 3.19. The van der Waals surface area contributed by atoms with E-state index in [1.54, 1.807) is 30.1 Å². The highest BCUT2D eigenvalue weighted by molar-refractivity contribution is 5.94. The summed E-state index contributed by atoms with van der Waals surface area (Å²) < 4.78 is 1.78. The fraction of sp³-hybridized carbons (Fsp3) is 0.389. The third kappa shape index (κ3) is 3.56. The summed E-state index contributed by atoms with van der Waals surface area (Å²) in [5.74, 6) is -0.143. The van der Waals surface area contributed by atoms with Crippen molar-refractivity contribution in [3.05, 3.63) is 53.9 Å². The maximum atomic E-state index is 12.9. The largest absolute Gasteiger partial charge is 0.355 e. The third-order valence-electron chi connectivity index (χ3n) is 4.69. The van der Waals surface area contributed by atoms with Gasteiger partial charge in [0.25, 0.3) is 5.91 Å². The molecule has 0 radical (unpaired) electrons. The highest BCUT2D eigenvalue weighted by Crippen LogP contribution is 2.27. The van der Waals surface area contributed by atoms with Gasteiger partial charge in [0.2, 0.25) is 5.91 Å². The Morgan fingerprint density at radius 1 is 1.24 bits per heavy atom. The van der Waals surface area contributed by atoms with E-state index < -0.39 is 5.54 Å². The monoisotopic (exact) mass is 341 g/mol. The van der Waals surface area contributed by atoms with Gasteiger partial charge in [0.15, 0.2) is 0 Å². The number of hydrogen-bond donors (Lipinski definition) is 3. The Hall–Kier alpha value is -2.67. The van der Waals surface area contributed by atoms with Crippen molar-refractivity contribution in [3.8, 4) is 0 Å². The number of aromatic nitrogens is 2. The Labute approximate surface area is 146 Å². The van der Waals surface area contributed by atoms with Gasteiger partial charge in [0.05, 0.1) is 0 Å². The van der Waals surface area contributed by atoms with Gasteiger partial charge in [-0.25, -0.2) is 0 Å². The van der Waals surface area contributed by atoms with Gasteiger partial charge in [-0.15, -0.1) is 0 Å². The van der Waals surface area contributed by atoms with Crippen LogP contribution in [-0.2, 0) is 16.9 Å². The van der Waals surface area contributed by atoms with E-state index in [0.29, 0.717) is 24.9 Å². The lowest BCUT2D eigenvalue weighted by Gasteiger charge is -2.36. The summed E-state index contributed by atoms with van der Waals surface area (Å²) in [4.78, 5) is 24.5. The molecule has 1 aromatic carbocycles. The molecule has 0 saturated carbocycles. The van der Waals surface area contributed by atoms with Crippen LogP contribution in [0, 0.1) is 0 Å². The molecule has 0 atom stereocenters. The van der Waals surface area contributed by atoms with Crippen LogP contribution >= 0.6 is 0 Å². The molecule has 7 nitrogen and oxygen atoms in total. The number of carbonyl (C=O) groups is 2. The van der Waals surface area contributed by atoms with Crippen LogP contribution in [0.4, 0.5) is 0 Å². The zero-order valence-electron chi connectivity index (χ0n) is 14.3. The lowest BCUT2D eigenvalue weighted by Crippen LogP contribution is -2.54. The Kier molecular flexibility index (Phi) is 5.14. The maximum absolute atomic E-state index is 12.9. The first kappa shape index (κ1) is 17.2. The van der Waals surface area contributed by atoms with Gasteiger partial charge in [-0.2, -0.15) is 5.10 Å². The fourth-order valence-corrected chi connectivity index (χ4v) is 3.19. The molecule has 3 rings (SSSR count). The van der Waals surface area contributed by atoms with Crippen LogP contribution < -0.4 is 16.0 Å². The van der Waals surface area contributed by atoms with Gasteiger partial charge in [-0.3, -0.25) is 14.3 Å². The van der Waals surface area contributed by atoms with Gasteiger partial charge >= 0.3 is 0 Å². The number of amides is 2. The zero-order valence-corrected chi connectivity index (χ0v) is 14.3. The van der Waals surface area contributed by atoms with Crippen LogP contribution in [0.25, 0.3) is 0 Å². The molecule has 0 aliphatic carbocycles. The molecule has 132 valence electrons. The van der Waals surface area contributed by atoms with E-state index in [2.05, 4.69) is 21.0 Å². The zero-order chi connectivity index (χ0) is 17.7. The number of carbonyl (C=O) groups excluding carboxylic acids is 2. The molecule has 1 fully saturated rings. The van der Waals surface area contributed by atoms with Gasteiger partial charge in [-0.05, 0) is 49.7 Å². The molecule has 2 aromatic rings. The van der Waals surface area contributed by atoms with Crippen LogP contribution in [0.2, 0.25) is 0 Å². The molecular formula is C18H23N5O2. The van der Waals surface area contributed by atoms with Crippen molar-refractivity contribution in [1.82, 2.24) is 25.7 Å². The minimum Gasteiger partial charge on any atom is -0.355 e. The van der Waals surface area contributed by atoms with E-state index >= 15 is 0 Å². The number of nitrogens with zero attached hydrogens (tertiary/aromatic N) is 2. The van der Waals surface area contributed by atoms with Crippen molar-refractivity contribution < 1.29 is 9.59 Å². The van der Waals surface area contributed by atoms with E-state index in [0.717, 1.165) is 18.7 Å². The van der Waals surface area contributed by atoms with Crippen molar-refractivity contribution >= 4 is 11.8 Å². The number of benzene rings is 1. The summed E-state index contributed by atoms with van der Waals surface area (Å²) in [5, 5.41) is 13.2.